The van der Waals surface area contributed by atoms with Crippen LogP contribution in [0.5, 0.6) is 0 Å². The van der Waals surface area contributed by atoms with E-state index in [1.807, 2.05) is 0 Å². The van der Waals surface area contributed by atoms with Gasteiger partial charge in [-0.2, -0.15) is 5.10 Å². The van der Waals surface area contributed by atoms with E-state index in [9.17, 15) is 0 Å². The van der Waals surface area contributed by atoms with Crippen LogP contribution in [0, 0.1) is 10.8 Å². The second kappa shape index (κ2) is 5.53. The zero-order chi connectivity index (χ0) is 12.1. The van der Waals surface area contributed by atoms with Crippen molar-refractivity contribution >= 4 is 5.71 Å². The van der Waals surface area contributed by atoms with E-state index in [1.165, 1.54) is 5.71 Å². The van der Waals surface area contributed by atoms with Gasteiger partial charge in [-0.25, -0.2) is 0 Å². The predicted octanol–water partition coefficient (Wildman–Crippen LogP) is 3.82. The molecule has 0 saturated heterocycles. The van der Waals surface area contributed by atoms with Crippen LogP contribution < -0.4 is 5.43 Å². The molecule has 0 aliphatic heterocycles. The van der Waals surface area contributed by atoms with Gasteiger partial charge in [0.15, 0.2) is 0 Å². The van der Waals surface area contributed by atoms with Crippen molar-refractivity contribution in [1.29, 1.82) is 0 Å². The highest BCUT2D eigenvalue weighted by molar-refractivity contribution is 5.89. The topological polar surface area (TPSA) is 24.4 Å². The van der Waals surface area contributed by atoms with Gasteiger partial charge >= 0.3 is 0 Å². The molecule has 0 aromatic rings. The summed E-state index contributed by atoms with van der Waals surface area (Å²) in [5.74, 6) is 0. The zero-order valence-corrected chi connectivity index (χ0v) is 11.6. The molecule has 15 heavy (non-hydrogen) atoms. The van der Waals surface area contributed by atoms with Crippen LogP contribution in [0.1, 0.15) is 61.3 Å². The summed E-state index contributed by atoms with van der Waals surface area (Å²) in [4.78, 5) is 0. The Morgan fingerprint density at radius 3 is 1.93 bits per heavy atom. The number of rotatable bonds is 4. The lowest BCUT2D eigenvalue weighted by Gasteiger charge is -2.27. The summed E-state index contributed by atoms with van der Waals surface area (Å²) in [6.07, 6.45) is 2.17. The van der Waals surface area contributed by atoms with E-state index in [1.54, 1.807) is 0 Å². The van der Waals surface area contributed by atoms with Gasteiger partial charge in [0.1, 0.15) is 0 Å². The van der Waals surface area contributed by atoms with E-state index in [0.717, 1.165) is 19.4 Å². The fourth-order valence-corrected chi connectivity index (χ4v) is 1.24. The minimum absolute atomic E-state index is 0.161. The molecule has 2 nitrogen and oxygen atoms in total. The quantitative estimate of drug-likeness (QED) is 0.427. The standard InChI is InChI=1S/C13H28N2/c1-8-9-14-15-11(13(5,6)7)10-12(2,3)4/h14H,8-10H2,1-7H3/b15-11+. The van der Waals surface area contributed by atoms with E-state index in [0.29, 0.717) is 5.41 Å². The van der Waals surface area contributed by atoms with Crippen molar-refractivity contribution in [2.24, 2.45) is 15.9 Å². The van der Waals surface area contributed by atoms with Crippen LogP contribution in [0.4, 0.5) is 0 Å². The summed E-state index contributed by atoms with van der Waals surface area (Å²) < 4.78 is 0. The molecular weight excluding hydrogens is 184 g/mol. The Hall–Kier alpha value is -0.530. The monoisotopic (exact) mass is 212 g/mol. The summed E-state index contributed by atoms with van der Waals surface area (Å²) in [6.45, 7) is 16.6. The Balaban J connectivity index is 4.53. The molecular formula is C13H28N2. The van der Waals surface area contributed by atoms with Gasteiger partial charge in [-0.1, -0.05) is 48.5 Å². The second-order valence-electron chi connectivity index (χ2n) is 6.45. The molecule has 0 saturated carbocycles. The minimum Gasteiger partial charge on any atom is -0.310 e. The Bertz CT molecular complexity index is 204. The van der Waals surface area contributed by atoms with Crippen LogP contribution >= 0.6 is 0 Å². The van der Waals surface area contributed by atoms with E-state index in [-0.39, 0.29) is 5.41 Å². The first-order valence-corrected chi connectivity index (χ1v) is 5.96. The van der Waals surface area contributed by atoms with E-state index >= 15 is 0 Å². The molecule has 0 aromatic carbocycles. The van der Waals surface area contributed by atoms with Crippen molar-refractivity contribution in [2.45, 2.75) is 61.3 Å². The van der Waals surface area contributed by atoms with Gasteiger partial charge in [0.2, 0.25) is 0 Å². The molecule has 0 aliphatic rings. The molecule has 0 amide bonds. The van der Waals surface area contributed by atoms with Crippen LogP contribution in [0.3, 0.4) is 0 Å². The fraction of sp³-hybridized carbons (Fsp3) is 0.923. The maximum atomic E-state index is 4.54. The van der Waals surface area contributed by atoms with Gasteiger partial charge in [0.25, 0.3) is 0 Å². The number of hydrogen-bond acceptors (Lipinski definition) is 2. The van der Waals surface area contributed by atoms with E-state index in [4.69, 9.17) is 0 Å². The third kappa shape index (κ3) is 7.40. The Morgan fingerprint density at radius 2 is 1.60 bits per heavy atom. The fourth-order valence-electron chi connectivity index (χ4n) is 1.24. The van der Waals surface area contributed by atoms with Crippen molar-refractivity contribution in [1.82, 2.24) is 5.43 Å². The highest BCUT2D eigenvalue weighted by Crippen LogP contribution is 2.27. The van der Waals surface area contributed by atoms with Gasteiger partial charge in [-0.3, -0.25) is 0 Å². The van der Waals surface area contributed by atoms with Crippen LogP contribution in [-0.4, -0.2) is 12.3 Å². The molecule has 90 valence electrons. The Morgan fingerprint density at radius 1 is 1.07 bits per heavy atom. The van der Waals surface area contributed by atoms with Crippen LogP contribution in [0.25, 0.3) is 0 Å². The molecule has 0 spiro atoms. The van der Waals surface area contributed by atoms with Gasteiger partial charge in [0, 0.05) is 17.7 Å². The first kappa shape index (κ1) is 14.5. The first-order chi connectivity index (χ1) is 6.67. The summed E-state index contributed by atoms with van der Waals surface area (Å²) in [7, 11) is 0. The third-order valence-corrected chi connectivity index (χ3v) is 2.14. The van der Waals surface area contributed by atoms with Crippen molar-refractivity contribution in [3.05, 3.63) is 0 Å². The molecule has 0 unspecified atom stereocenters. The lowest BCUT2D eigenvalue weighted by atomic mass is 9.79. The molecule has 0 rings (SSSR count). The summed E-state index contributed by atoms with van der Waals surface area (Å²) >= 11 is 0. The van der Waals surface area contributed by atoms with Crippen LogP contribution in [0.2, 0.25) is 0 Å². The number of nitrogens with one attached hydrogen (secondary N) is 1. The molecule has 0 radical (unpaired) electrons. The maximum absolute atomic E-state index is 4.54. The van der Waals surface area contributed by atoms with Crippen molar-refractivity contribution in [2.75, 3.05) is 6.54 Å². The lowest BCUT2D eigenvalue weighted by Crippen LogP contribution is -2.28. The number of hydrogen-bond donors (Lipinski definition) is 1. The molecule has 2 heteroatoms. The molecule has 0 bridgehead atoms. The lowest BCUT2D eigenvalue weighted by molar-refractivity contribution is 0.410. The summed E-state index contributed by atoms with van der Waals surface area (Å²) in [6, 6.07) is 0. The van der Waals surface area contributed by atoms with Gasteiger partial charge in [-0.05, 0) is 18.3 Å². The van der Waals surface area contributed by atoms with E-state index in [2.05, 4.69) is 59.0 Å². The smallest absolute Gasteiger partial charge is 0.0436 e. The number of hydrazone groups is 1. The Labute approximate surface area is 95.5 Å². The molecule has 0 atom stereocenters. The largest absolute Gasteiger partial charge is 0.310 e. The molecule has 0 fully saturated rings. The predicted molar refractivity (Wildman–Crippen MR) is 69.3 cm³/mol. The van der Waals surface area contributed by atoms with E-state index < -0.39 is 0 Å². The second-order valence-corrected chi connectivity index (χ2v) is 6.45. The molecule has 0 heterocycles. The van der Waals surface area contributed by atoms with Crippen molar-refractivity contribution < 1.29 is 0 Å². The van der Waals surface area contributed by atoms with Crippen molar-refractivity contribution in [3.63, 3.8) is 0 Å². The van der Waals surface area contributed by atoms with Gasteiger partial charge < -0.3 is 5.43 Å². The first-order valence-electron chi connectivity index (χ1n) is 5.96. The highest BCUT2D eigenvalue weighted by atomic mass is 15.3. The molecule has 0 aromatic heterocycles. The molecule has 1 N–H and O–H groups in total. The SMILES string of the molecule is CCCN/N=C(\CC(C)(C)C)C(C)(C)C. The normalized spacial score (nSPS) is 14.2. The Kier molecular flexibility index (Phi) is 5.33. The number of nitrogens with zero attached hydrogens (tertiary/aromatic N) is 1. The van der Waals surface area contributed by atoms with Crippen molar-refractivity contribution in [3.8, 4) is 0 Å². The van der Waals surface area contributed by atoms with Crippen LogP contribution in [0.15, 0.2) is 5.10 Å². The average Bonchev–Trinajstić information content (AvgIpc) is 1.99. The van der Waals surface area contributed by atoms with Gasteiger partial charge in [-0.15, -0.1) is 0 Å². The summed E-state index contributed by atoms with van der Waals surface area (Å²) in [5.41, 5.74) is 4.89. The molecule has 0 aliphatic carbocycles. The van der Waals surface area contributed by atoms with Gasteiger partial charge in [0.05, 0.1) is 0 Å². The zero-order valence-electron chi connectivity index (χ0n) is 11.6. The maximum Gasteiger partial charge on any atom is 0.0436 e. The highest BCUT2D eigenvalue weighted by Gasteiger charge is 2.24. The third-order valence-electron chi connectivity index (χ3n) is 2.14. The summed E-state index contributed by atoms with van der Waals surface area (Å²) in [5, 5.41) is 4.54. The average molecular weight is 212 g/mol. The van der Waals surface area contributed by atoms with Crippen LogP contribution in [-0.2, 0) is 0 Å². The minimum atomic E-state index is 0.161.